The predicted octanol–water partition coefficient (Wildman–Crippen LogP) is 1.66. The normalized spacial score (nSPS) is 14.2. The van der Waals surface area contributed by atoms with Crippen molar-refractivity contribution in [2.45, 2.75) is 19.5 Å². The maximum atomic E-state index is 11.9. The minimum absolute atomic E-state index is 0.194. The summed E-state index contributed by atoms with van der Waals surface area (Å²) in [5.41, 5.74) is 1.09. The van der Waals surface area contributed by atoms with Crippen molar-refractivity contribution < 1.29 is 0 Å². The molecule has 0 atom stereocenters. The molecule has 1 aliphatic heterocycles. The van der Waals surface area contributed by atoms with E-state index in [1.165, 1.54) is 23.5 Å². The zero-order valence-corrected chi connectivity index (χ0v) is 14.2. The lowest BCUT2D eigenvalue weighted by Gasteiger charge is -2.15. The van der Waals surface area contributed by atoms with Crippen LogP contribution in [0.3, 0.4) is 0 Å². The fraction of sp³-hybridized carbons (Fsp3) is 0.312. The molecular weight excluding hydrogens is 342 g/mol. The molecule has 0 bridgehead atoms. The molecular formula is C16H16ClN7O. The van der Waals surface area contributed by atoms with Crippen molar-refractivity contribution in [2.24, 2.45) is 0 Å². The van der Waals surface area contributed by atoms with Crippen molar-refractivity contribution >= 4 is 17.4 Å². The van der Waals surface area contributed by atoms with Gasteiger partial charge in [0, 0.05) is 30.4 Å². The Bertz CT molecular complexity index is 945. The molecule has 0 amide bonds. The molecule has 4 rings (SSSR count). The predicted molar refractivity (Wildman–Crippen MR) is 93.6 cm³/mol. The first-order valence-corrected chi connectivity index (χ1v) is 8.40. The van der Waals surface area contributed by atoms with Gasteiger partial charge in [-0.1, -0.05) is 16.8 Å². The lowest BCUT2D eigenvalue weighted by Crippen LogP contribution is -2.22. The molecule has 128 valence electrons. The van der Waals surface area contributed by atoms with Crippen LogP contribution in [0.25, 0.3) is 11.4 Å². The Morgan fingerprint density at radius 3 is 2.80 bits per heavy atom. The van der Waals surface area contributed by atoms with Crippen LogP contribution in [0.1, 0.15) is 12.8 Å². The molecule has 25 heavy (non-hydrogen) atoms. The molecule has 0 radical (unpaired) electrons. The van der Waals surface area contributed by atoms with Gasteiger partial charge in [-0.3, -0.25) is 14.3 Å². The lowest BCUT2D eigenvalue weighted by atomic mass is 10.3. The first-order chi connectivity index (χ1) is 12.2. The Kier molecular flexibility index (Phi) is 4.19. The highest BCUT2D eigenvalue weighted by molar-refractivity contribution is 6.30. The number of rotatable bonds is 4. The van der Waals surface area contributed by atoms with Crippen LogP contribution in [0, 0.1) is 0 Å². The van der Waals surface area contributed by atoms with E-state index >= 15 is 0 Å². The molecule has 8 nitrogen and oxygen atoms in total. The van der Waals surface area contributed by atoms with Crippen LogP contribution in [0.4, 0.5) is 5.82 Å². The first kappa shape index (κ1) is 15.8. The molecule has 1 aliphatic rings. The fourth-order valence-corrected chi connectivity index (χ4v) is 2.97. The molecule has 0 spiro atoms. The highest BCUT2D eigenvalue weighted by Crippen LogP contribution is 2.20. The van der Waals surface area contributed by atoms with Gasteiger partial charge >= 0.3 is 0 Å². The van der Waals surface area contributed by atoms with Crippen molar-refractivity contribution in [1.29, 1.82) is 0 Å². The molecule has 1 fully saturated rings. The Morgan fingerprint density at radius 2 is 2.00 bits per heavy atom. The van der Waals surface area contributed by atoms with Gasteiger partial charge in [0.1, 0.15) is 23.9 Å². The number of pyridine rings is 1. The van der Waals surface area contributed by atoms with Crippen LogP contribution < -0.4 is 10.5 Å². The minimum Gasteiger partial charge on any atom is -0.355 e. The molecule has 0 saturated carbocycles. The average Bonchev–Trinajstić information content (AvgIpc) is 3.29. The summed E-state index contributed by atoms with van der Waals surface area (Å²) in [6.07, 6.45) is 9.17. The van der Waals surface area contributed by atoms with Gasteiger partial charge in [-0.15, -0.1) is 5.10 Å². The van der Waals surface area contributed by atoms with E-state index in [-0.39, 0.29) is 12.2 Å². The largest absolute Gasteiger partial charge is 0.355 e. The van der Waals surface area contributed by atoms with Crippen LogP contribution in [-0.2, 0) is 6.67 Å². The number of anilines is 1. The summed E-state index contributed by atoms with van der Waals surface area (Å²) in [6.45, 7) is 2.26. The first-order valence-electron chi connectivity index (χ1n) is 8.02. The van der Waals surface area contributed by atoms with Crippen molar-refractivity contribution in [1.82, 2.24) is 29.5 Å². The summed E-state index contributed by atoms with van der Waals surface area (Å²) in [6, 6.07) is 3.02. The quantitative estimate of drug-likeness (QED) is 0.706. The molecule has 0 aliphatic carbocycles. The van der Waals surface area contributed by atoms with E-state index in [0.717, 1.165) is 18.9 Å². The third-order valence-corrected chi connectivity index (χ3v) is 4.34. The van der Waals surface area contributed by atoms with Crippen LogP contribution in [0.15, 0.2) is 41.7 Å². The van der Waals surface area contributed by atoms with E-state index < -0.39 is 0 Å². The van der Waals surface area contributed by atoms with Gasteiger partial charge in [0.05, 0.1) is 18.6 Å². The molecule has 1 saturated heterocycles. The zero-order valence-electron chi connectivity index (χ0n) is 13.4. The van der Waals surface area contributed by atoms with Gasteiger partial charge in [0.25, 0.3) is 5.56 Å². The van der Waals surface area contributed by atoms with Crippen LogP contribution in [0.2, 0.25) is 5.02 Å². The summed E-state index contributed by atoms with van der Waals surface area (Å²) in [5.74, 6) is 0.860. The Balaban J connectivity index is 1.56. The van der Waals surface area contributed by atoms with Gasteiger partial charge in [-0.05, 0) is 18.9 Å². The molecule has 0 aromatic carbocycles. The second-order valence-electron chi connectivity index (χ2n) is 5.89. The molecule has 0 N–H and O–H groups in total. The van der Waals surface area contributed by atoms with E-state index in [2.05, 4.69) is 25.2 Å². The maximum Gasteiger partial charge on any atom is 0.253 e. The SMILES string of the molecule is O=c1cc(Cl)ccn1Cn1cc(-c2cncc(N3CCCC3)n2)nn1. The monoisotopic (exact) mass is 357 g/mol. The summed E-state index contributed by atoms with van der Waals surface area (Å²) in [7, 11) is 0. The molecule has 4 heterocycles. The highest BCUT2D eigenvalue weighted by atomic mass is 35.5. The summed E-state index contributed by atoms with van der Waals surface area (Å²) in [5, 5.41) is 8.63. The molecule has 9 heteroatoms. The smallest absolute Gasteiger partial charge is 0.253 e. The molecule has 0 unspecified atom stereocenters. The second kappa shape index (κ2) is 6.64. The van der Waals surface area contributed by atoms with Crippen molar-refractivity contribution in [3.63, 3.8) is 0 Å². The standard InChI is InChI=1S/C16H16ClN7O/c17-12-3-6-23(16(25)7-12)11-24-10-14(20-21-24)13-8-18-9-15(19-13)22-4-1-2-5-22/h3,6-10H,1-2,4-5,11H2. The van der Waals surface area contributed by atoms with Crippen LogP contribution >= 0.6 is 11.6 Å². The maximum absolute atomic E-state index is 11.9. The van der Waals surface area contributed by atoms with Gasteiger partial charge in [0.2, 0.25) is 0 Å². The van der Waals surface area contributed by atoms with E-state index in [4.69, 9.17) is 11.6 Å². The summed E-state index contributed by atoms with van der Waals surface area (Å²) < 4.78 is 3.07. The van der Waals surface area contributed by atoms with Crippen LogP contribution in [-0.4, -0.2) is 42.6 Å². The highest BCUT2D eigenvalue weighted by Gasteiger charge is 2.15. The number of aromatic nitrogens is 6. The Hall–Kier alpha value is -2.74. The Labute approximate surface area is 148 Å². The third-order valence-electron chi connectivity index (χ3n) is 4.11. The van der Waals surface area contributed by atoms with Gasteiger partial charge in [-0.25, -0.2) is 9.67 Å². The fourth-order valence-electron chi connectivity index (χ4n) is 2.82. The number of hydrogen-bond acceptors (Lipinski definition) is 6. The number of hydrogen-bond donors (Lipinski definition) is 0. The van der Waals surface area contributed by atoms with Crippen molar-refractivity contribution in [3.05, 3.63) is 52.3 Å². The van der Waals surface area contributed by atoms with E-state index in [1.54, 1.807) is 35.5 Å². The second-order valence-corrected chi connectivity index (χ2v) is 6.33. The molecule has 3 aromatic heterocycles. The van der Waals surface area contributed by atoms with Gasteiger partial charge in [0.15, 0.2) is 0 Å². The van der Waals surface area contributed by atoms with Crippen LogP contribution in [0.5, 0.6) is 0 Å². The zero-order chi connectivity index (χ0) is 17.2. The minimum atomic E-state index is -0.194. The van der Waals surface area contributed by atoms with Gasteiger partial charge in [-0.2, -0.15) is 0 Å². The van der Waals surface area contributed by atoms with Crippen molar-refractivity contribution in [3.8, 4) is 11.4 Å². The lowest BCUT2D eigenvalue weighted by molar-refractivity contribution is 0.518. The topological polar surface area (TPSA) is 81.7 Å². The Morgan fingerprint density at radius 1 is 1.16 bits per heavy atom. The molecule has 3 aromatic rings. The number of halogens is 1. The summed E-state index contributed by atoms with van der Waals surface area (Å²) >= 11 is 5.81. The van der Waals surface area contributed by atoms with Crippen molar-refractivity contribution in [2.75, 3.05) is 18.0 Å². The number of nitrogens with zero attached hydrogens (tertiary/aromatic N) is 7. The average molecular weight is 358 g/mol. The van der Waals surface area contributed by atoms with E-state index in [1.807, 2.05) is 0 Å². The van der Waals surface area contributed by atoms with E-state index in [9.17, 15) is 4.79 Å². The van der Waals surface area contributed by atoms with E-state index in [0.29, 0.717) is 16.4 Å². The summed E-state index contributed by atoms with van der Waals surface area (Å²) in [4.78, 5) is 23.0. The van der Waals surface area contributed by atoms with Gasteiger partial charge < -0.3 is 4.90 Å². The third kappa shape index (κ3) is 3.39.